The smallest absolute Gasteiger partial charge is 0.550 e. The molecule has 0 spiro atoms. The Morgan fingerprint density at radius 1 is 0.955 bits per heavy atom. The molecule has 0 aromatic heterocycles. The maximum absolute atomic E-state index is 11.4. The average molecular weight is 324 g/mol. The predicted molar refractivity (Wildman–Crippen MR) is 84.6 cm³/mol. The van der Waals surface area contributed by atoms with Gasteiger partial charge in [0.15, 0.2) is 5.78 Å². The van der Waals surface area contributed by atoms with Gasteiger partial charge in [0, 0.05) is 18.9 Å². The summed E-state index contributed by atoms with van der Waals surface area (Å²) in [6.07, 6.45) is 12.0. The molecule has 0 aromatic carbocycles. The van der Waals surface area contributed by atoms with Gasteiger partial charge in [-0.1, -0.05) is 58.3 Å². The largest absolute Gasteiger partial charge is 1.00 e. The third-order valence-electron chi connectivity index (χ3n) is 3.19. The number of hydrogen-bond donors (Lipinski definition) is 2. The van der Waals surface area contributed by atoms with Crippen LogP contribution in [0.25, 0.3) is 0 Å². The first kappa shape index (κ1) is 26.9. The normalized spacial score (nSPS) is 10.9. The summed E-state index contributed by atoms with van der Waals surface area (Å²) in [6.45, 7) is 3.49. The summed E-state index contributed by atoms with van der Waals surface area (Å²) in [7, 11) is 0. The standard InChI is InChI=1S/C14H30N2O.C2H4O2.Na/c1-2-3-4-5-6-7-8-9-10-11-14(17)13(16)12-15;1-2(3)4;/h13H,2-12,15-16H2,1H3;1H3,(H,3,4);/q;;+1/p-1. The van der Waals surface area contributed by atoms with Gasteiger partial charge in [-0.25, -0.2) is 0 Å². The molecule has 1 unspecified atom stereocenters. The minimum atomic E-state index is -1.08. The van der Waals surface area contributed by atoms with Crippen LogP contribution in [-0.4, -0.2) is 24.3 Å². The maximum atomic E-state index is 11.4. The van der Waals surface area contributed by atoms with Gasteiger partial charge in [-0.15, -0.1) is 0 Å². The van der Waals surface area contributed by atoms with Crippen molar-refractivity contribution in [1.82, 2.24) is 0 Å². The number of carbonyl (C=O) groups excluding carboxylic acids is 2. The summed E-state index contributed by atoms with van der Waals surface area (Å²) in [6, 6.07) is -0.441. The molecule has 22 heavy (non-hydrogen) atoms. The number of ketones is 1. The van der Waals surface area contributed by atoms with E-state index < -0.39 is 12.0 Å². The van der Waals surface area contributed by atoms with E-state index >= 15 is 0 Å². The van der Waals surface area contributed by atoms with Gasteiger partial charge in [0.05, 0.1) is 6.04 Å². The van der Waals surface area contributed by atoms with Gasteiger partial charge in [0.1, 0.15) is 0 Å². The first-order valence-corrected chi connectivity index (χ1v) is 8.11. The van der Waals surface area contributed by atoms with Crippen LogP contribution in [0.2, 0.25) is 0 Å². The van der Waals surface area contributed by atoms with Crippen LogP contribution in [0.3, 0.4) is 0 Å². The number of carboxylic acid groups (broad SMARTS) is 1. The second-order valence-electron chi connectivity index (χ2n) is 5.38. The first-order valence-electron chi connectivity index (χ1n) is 8.11. The van der Waals surface area contributed by atoms with Crippen molar-refractivity contribution in [3.8, 4) is 0 Å². The molecule has 0 saturated carbocycles. The third kappa shape index (κ3) is 25.0. The van der Waals surface area contributed by atoms with Crippen molar-refractivity contribution >= 4 is 11.8 Å². The fourth-order valence-corrected chi connectivity index (χ4v) is 1.93. The monoisotopic (exact) mass is 324 g/mol. The zero-order chi connectivity index (χ0) is 16.5. The third-order valence-corrected chi connectivity index (χ3v) is 3.19. The minimum Gasteiger partial charge on any atom is -0.550 e. The molecule has 0 saturated heterocycles. The summed E-state index contributed by atoms with van der Waals surface area (Å²) in [5.74, 6) is -0.963. The fraction of sp³-hybridized carbons (Fsp3) is 0.875. The Morgan fingerprint density at radius 2 is 1.32 bits per heavy atom. The fourth-order valence-electron chi connectivity index (χ4n) is 1.93. The molecule has 1 atom stereocenters. The zero-order valence-electron chi connectivity index (χ0n) is 14.7. The number of rotatable bonds is 12. The van der Waals surface area contributed by atoms with Gasteiger partial charge in [-0.2, -0.15) is 0 Å². The van der Waals surface area contributed by atoms with Crippen LogP contribution in [-0.2, 0) is 9.59 Å². The number of nitrogens with two attached hydrogens (primary N) is 2. The van der Waals surface area contributed by atoms with Gasteiger partial charge in [0.2, 0.25) is 0 Å². The molecule has 0 rings (SSSR count). The van der Waals surface area contributed by atoms with Crippen molar-refractivity contribution in [2.24, 2.45) is 11.5 Å². The molecule has 0 heterocycles. The molecule has 0 aliphatic rings. The number of carboxylic acids is 1. The van der Waals surface area contributed by atoms with Crippen LogP contribution in [0.15, 0.2) is 0 Å². The molecule has 0 amide bonds. The molecule has 0 aromatic rings. The molecule has 0 fully saturated rings. The molecule has 0 radical (unpaired) electrons. The molecule has 0 bridgehead atoms. The van der Waals surface area contributed by atoms with Crippen molar-refractivity contribution < 1.29 is 44.3 Å². The van der Waals surface area contributed by atoms with Crippen LogP contribution >= 0.6 is 0 Å². The van der Waals surface area contributed by atoms with E-state index in [1.165, 1.54) is 44.9 Å². The van der Waals surface area contributed by atoms with Crippen LogP contribution in [0.4, 0.5) is 0 Å². The Bertz CT molecular complexity index is 260. The summed E-state index contributed by atoms with van der Waals surface area (Å²) < 4.78 is 0. The second kappa shape index (κ2) is 21.1. The number of aliphatic carboxylic acids is 1. The molecule has 126 valence electrons. The number of unbranched alkanes of at least 4 members (excludes halogenated alkanes) is 8. The van der Waals surface area contributed by atoms with E-state index in [4.69, 9.17) is 21.4 Å². The molecular weight excluding hydrogens is 291 g/mol. The van der Waals surface area contributed by atoms with E-state index in [-0.39, 0.29) is 41.9 Å². The molecule has 5 nitrogen and oxygen atoms in total. The second-order valence-corrected chi connectivity index (χ2v) is 5.38. The zero-order valence-corrected chi connectivity index (χ0v) is 16.7. The van der Waals surface area contributed by atoms with E-state index in [0.29, 0.717) is 6.42 Å². The van der Waals surface area contributed by atoms with Gasteiger partial charge in [-0.05, 0) is 13.3 Å². The SMILES string of the molecule is CC(=O)[O-].CCCCCCCCCCCC(=O)C(N)CN.[Na+]. The Labute approximate surface area is 157 Å². The van der Waals surface area contributed by atoms with E-state index in [9.17, 15) is 4.79 Å². The number of Topliss-reactive ketones (excluding diaryl/α,β-unsaturated/α-hetero) is 1. The Kier molecular flexibility index (Phi) is 25.8. The summed E-state index contributed by atoms with van der Waals surface area (Å²) in [5, 5.41) is 8.89. The van der Waals surface area contributed by atoms with Gasteiger partial charge in [0.25, 0.3) is 0 Å². The molecule has 6 heteroatoms. The summed E-state index contributed by atoms with van der Waals surface area (Å²) >= 11 is 0. The molecule has 0 aliphatic carbocycles. The topological polar surface area (TPSA) is 109 Å². The Morgan fingerprint density at radius 3 is 1.68 bits per heavy atom. The van der Waals surface area contributed by atoms with E-state index in [1.54, 1.807) is 0 Å². The van der Waals surface area contributed by atoms with Crippen LogP contribution in [0.1, 0.15) is 78.1 Å². The van der Waals surface area contributed by atoms with Crippen molar-refractivity contribution in [3.05, 3.63) is 0 Å². The number of hydrogen-bond acceptors (Lipinski definition) is 5. The van der Waals surface area contributed by atoms with Crippen molar-refractivity contribution in [1.29, 1.82) is 0 Å². The first-order chi connectivity index (χ1) is 9.95. The average Bonchev–Trinajstić information content (AvgIpc) is 2.43. The summed E-state index contributed by atoms with van der Waals surface area (Å²) in [5.41, 5.74) is 10.9. The molecular formula is C16H33N2NaO3. The van der Waals surface area contributed by atoms with E-state index in [2.05, 4.69) is 6.92 Å². The Balaban J connectivity index is -0.000000640. The minimum absolute atomic E-state index is 0. The number of carbonyl (C=O) groups is 2. The van der Waals surface area contributed by atoms with E-state index in [1.807, 2.05) is 0 Å². The van der Waals surface area contributed by atoms with Gasteiger partial charge < -0.3 is 21.4 Å². The molecule has 4 N–H and O–H groups in total. The maximum Gasteiger partial charge on any atom is 1.00 e. The van der Waals surface area contributed by atoms with E-state index in [0.717, 1.165) is 19.8 Å². The van der Waals surface area contributed by atoms with Crippen LogP contribution in [0, 0.1) is 0 Å². The van der Waals surface area contributed by atoms with Gasteiger partial charge in [-0.3, -0.25) is 4.79 Å². The van der Waals surface area contributed by atoms with Gasteiger partial charge >= 0.3 is 29.6 Å². The van der Waals surface area contributed by atoms with Crippen LogP contribution in [0.5, 0.6) is 0 Å². The quantitative estimate of drug-likeness (QED) is 0.336. The summed E-state index contributed by atoms with van der Waals surface area (Å²) in [4.78, 5) is 20.3. The Hall–Kier alpha value is 0.0600. The van der Waals surface area contributed by atoms with Crippen molar-refractivity contribution in [3.63, 3.8) is 0 Å². The van der Waals surface area contributed by atoms with Crippen LogP contribution < -0.4 is 46.1 Å². The molecule has 0 aliphatic heterocycles. The predicted octanol–water partition coefficient (Wildman–Crippen LogP) is -1.48. The van der Waals surface area contributed by atoms with Crippen molar-refractivity contribution in [2.75, 3.05) is 6.54 Å². The van der Waals surface area contributed by atoms with Crippen molar-refractivity contribution in [2.45, 2.75) is 84.1 Å².